The number of aromatic nitrogens is 1. The summed E-state index contributed by atoms with van der Waals surface area (Å²) in [6, 6.07) is 8.62. The van der Waals surface area contributed by atoms with Gasteiger partial charge in [0.05, 0.1) is 0 Å². The molecule has 0 aliphatic carbocycles. The minimum absolute atomic E-state index is 0.292. The Morgan fingerprint density at radius 3 is 2.76 bits per heavy atom. The van der Waals surface area contributed by atoms with Crippen LogP contribution in [0.1, 0.15) is 20.3 Å². The molecule has 0 saturated heterocycles. The summed E-state index contributed by atoms with van der Waals surface area (Å²) in [6.45, 7) is 4.32. The van der Waals surface area contributed by atoms with Gasteiger partial charge in [-0.2, -0.15) is 4.98 Å². The lowest BCUT2D eigenvalue weighted by atomic mass is 10.0. The van der Waals surface area contributed by atoms with E-state index < -0.39 is 0 Å². The van der Waals surface area contributed by atoms with Crippen LogP contribution in [0.25, 0.3) is 11.1 Å². The van der Waals surface area contributed by atoms with Gasteiger partial charge in [0, 0.05) is 11.9 Å². The number of oxazole rings is 1. The van der Waals surface area contributed by atoms with Gasteiger partial charge >= 0.3 is 0 Å². The fourth-order valence-electron chi connectivity index (χ4n) is 1.78. The molecule has 2 aromatic rings. The first-order valence-electron chi connectivity index (χ1n) is 5.89. The summed E-state index contributed by atoms with van der Waals surface area (Å²) in [5.74, 6) is 1.12. The molecule has 0 aliphatic rings. The highest BCUT2D eigenvalue weighted by atomic mass is 35.5. The van der Waals surface area contributed by atoms with E-state index in [-0.39, 0.29) is 0 Å². The predicted molar refractivity (Wildman–Crippen MR) is 71.6 cm³/mol. The van der Waals surface area contributed by atoms with Crippen LogP contribution in [0.5, 0.6) is 0 Å². The van der Waals surface area contributed by atoms with Crippen LogP contribution >= 0.6 is 11.6 Å². The van der Waals surface area contributed by atoms with Crippen molar-refractivity contribution in [1.29, 1.82) is 0 Å². The number of nitrogens with one attached hydrogen (secondary N) is 1. The van der Waals surface area contributed by atoms with E-state index >= 15 is 0 Å². The van der Waals surface area contributed by atoms with E-state index in [1.165, 1.54) is 0 Å². The normalized spacial score (nSPS) is 13.2. The van der Waals surface area contributed by atoms with Crippen LogP contribution < -0.4 is 5.32 Å². The molecule has 17 heavy (non-hydrogen) atoms. The van der Waals surface area contributed by atoms with E-state index in [9.17, 15) is 0 Å². The zero-order valence-corrected chi connectivity index (χ0v) is 10.9. The van der Waals surface area contributed by atoms with Gasteiger partial charge in [0.15, 0.2) is 5.58 Å². The molecule has 1 aromatic carbocycles. The van der Waals surface area contributed by atoms with Gasteiger partial charge in [0.25, 0.3) is 6.01 Å². The molecule has 0 fully saturated rings. The summed E-state index contributed by atoms with van der Waals surface area (Å²) in [5, 5.41) is 3.31. The van der Waals surface area contributed by atoms with E-state index in [0.29, 0.717) is 23.9 Å². The molecule has 3 nitrogen and oxygen atoms in total. The van der Waals surface area contributed by atoms with Gasteiger partial charge in [0.2, 0.25) is 0 Å². The van der Waals surface area contributed by atoms with Crippen molar-refractivity contribution < 1.29 is 4.42 Å². The van der Waals surface area contributed by atoms with Gasteiger partial charge in [-0.25, -0.2) is 0 Å². The maximum absolute atomic E-state index is 5.79. The fourth-order valence-corrected chi connectivity index (χ4v) is 2.02. The summed E-state index contributed by atoms with van der Waals surface area (Å²) >= 11 is 5.79. The quantitative estimate of drug-likeness (QED) is 0.821. The highest BCUT2D eigenvalue weighted by Gasteiger charge is 2.15. The Morgan fingerprint density at radius 1 is 1.35 bits per heavy atom. The third kappa shape index (κ3) is 2.91. The average molecular weight is 253 g/mol. The largest absolute Gasteiger partial charge is 0.424 e. The summed E-state index contributed by atoms with van der Waals surface area (Å²) in [7, 11) is 0. The van der Waals surface area contributed by atoms with Crippen LogP contribution in [0.2, 0.25) is 0 Å². The van der Waals surface area contributed by atoms with Gasteiger partial charge < -0.3 is 9.73 Å². The summed E-state index contributed by atoms with van der Waals surface area (Å²) in [5.41, 5.74) is 1.69. The van der Waals surface area contributed by atoms with Crippen LogP contribution in [0, 0.1) is 5.92 Å². The number of hydrogen-bond donors (Lipinski definition) is 1. The number of nitrogens with zero attached hydrogens (tertiary/aromatic N) is 1. The number of para-hydroxylation sites is 2. The first kappa shape index (κ1) is 12.2. The second-order valence-electron chi connectivity index (χ2n) is 4.46. The van der Waals surface area contributed by atoms with E-state index in [1.54, 1.807) is 0 Å². The highest BCUT2D eigenvalue weighted by molar-refractivity contribution is 6.17. The van der Waals surface area contributed by atoms with Gasteiger partial charge in [-0.05, 0) is 24.5 Å². The number of rotatable bonds is 5. The average Bonchev–Trinajstić information content (AvgIpc) is 2.70. The van der Waals surface area contributed by atoms with Crippen molar-refractivity contribution >= 4 is 28.7 Å². The second-order valence-corrected chi connectivity index (χ2v) is 4.84. The smallest absolute Gasteiger partial charge is 0.295 e. The Labute approximate surface area is 106 Å². The molecule has 1 atom stereocenters. The van der Waals surface area contributed by atoms with Crippen LogP contribution in [0.4, 0.5) is 6.01 Å². The molecule has 0 aliphatic heterocycles. The van der Waals surface area contributed by atoms with E-state index in [2.05, 4.69) is 24.1 Å². The number of halogens is 1. The van der Waals surface area contributed by atoms with E-state index in [1.807, 2.05) is 24.3 Å². The molecule has 1 aromatic heterocycles. The lowest BCUT2D eigenvalue weighted by Gasteiger charge is -2.19. The zero-order chi connectivity index (χ0) is 12.3. The summed E-state index contributed by atoms with van der Waals surface area (Å²) < 4.78 is 5.63. The highest BCUT2D eigenvalue weighted by Crippen LogP contribution is 2.21. The number of hydrogen-bond acceptors (Lipinski definition) is 3. The van der Waals surface area contributed by atoms with E-state index in [4.69, 9.17) is 16.0 Å². The molecule has 2 rings (SSSR count). The first-order chi connectivity index (χ1) is 8.20. The minimum atomic E-state index is 0.292. The van der Waals surface area contributed by atoms with Crippen LogP contribution in [-0.4, -0.2) is 16.9 Å². The summed E-state index contributed by atoms with van der Waals surface area (Å²) in [6.07, 6.45) is 0.901. The standard InChI is InChI=1S/C13H17ClN2O/c1-9(2)10(7-8-14)15-13-16-11-5-3-4-6-12(11)17-13/h3-6,9-10H,7-8H2,1-2H3,(H,15,16). The Balaban J connectivity index is 2.16. The fraction of sp³-hybridized carbons (Fsp3) is 0.462. The number of anilines is 1. The topological polar surface area (TPSA) is 38.1 Å². The van der Waals surface area contributed by atoms with Crippen molar-refractivity contribution in [3.05, 3.63) is 24.3 Å². The van der Waals surface area contributed by atoms with Gasteiger partial charge in [-0.15, -0.1) is 11.6 Å². The van der Waals surface area contributed by atoms with Gasteiger partial charge in [0.1, 0.15) is 5.52 Å². The molecule has 0 saturated carbocycles. The molecular formula is C13H17ClN2O. The number of alkyl halides is 1. The monoisotopic (exact) mass is 252 g/mol. The maximum atomic E-state index is 5.79. The lowest BCUT2D eigenvalue weighted by Crippen LogP contribution is -2.26. The third-order valence-corrected chi connectivity index (χ3v) is 3.05. The van der Waals surface area contributed by atoms with Gasteiger partial charge in [-0.1, -0.05) is 26.0 Å². The van der Waals surface area contributed by atoms with Crippen LogP contribution in [-0.2, 0) is 0 Å². The molecule has 0 spiro atoms. The van der Waals surface area contributed by atoms with Crippen molar-refractivity contribution in [2.75, 3.05) is 11.2 Å². The molecule has 4 heteroatoms. The third-order valence-electron chi connectivity index (χ3n) is 2.83. The predicted octanol–water partition coefficient (Wildman–Crippen LogP) is 3.89. The van der Waals surface area contributed by atoms with Crippen molar-refractivity contribution in [3.63, 3.8) is 0 Å². The SMILES string of the molecule is CC(C)C(CCCl)Nc1nc2ccccc2o1. The molecular weight excluding hydrogens is 236 g/mol. The van der Waals surface area contributed by atoms with Gasteiger partial charge in [-0.3, -0.25) is 0 Å². The molecule has 0 bridgehead atoms. The number of fused-ring (bicyclic) bond motifs is 1. The maximum Gasteiger partial charge on any atom is 0.295 e. The molecule has 0 radical (unpaired) electrons. The van der Waals surface area contributed by atoms with Crippen molar-refractivity contribution in [1.82, 2.24) is 4.98 Å². The lowest BCUT2D eigenvalue weighted by molar-refractivity contribution is 0.490. The Morgan fingerprint density at radius 2 is 2.12 bits per heavy atom. The Bertz CT molecular complexity index is 448. The molecule has 1 N–H and O–H groups in total. The Hall–Kier alpha value is -1.22. The van der Waals surface area contributed by atoms with Crippen molar-refractivity contribution in [2.24, 2.45) is 5.92 Å². The van der Waals surface area contributed by atoms with Crippen molar-refractivity contribution in [2.45, 2.75) is 26.3 Å². The molecule has 0 amide bonds. The first-order valence-corrected chi connectivity index (χ1v) is 6.42. The second kappa shape index (κ2) is 5.41. The van der Waals surface area contributed by atoms with Crippen molar-refractivity contribution in [3.8, 4) is 0 Å². The van der Waals surface area contributed by atoms with E-state index in [0.717, 1.165) is 17.5 Å². The minimum Gasteiger partial charge on any atom is -0.424 e. The molecule has 1 unspecified atom stereocenters. The molecule has 92 valence electrons. The zero-order valence-electron chi connectivity index (χ0n) is 10.1. The Kier molecular flexibility index (Phi) is 3.89. The number of benzene rings is 1. The summed E-state index contributed by atoms with van der Waals surface area (Å²) in [4.78, 5) is 4.40. The van der Waals surface area contributed by atoms with Crippen LogP contribution in [0.3, 0.4) is 0 Å². The van der Waals surface area contributed by atoms with Crippen LogP contribution in [0.15, 0.2) is 28.7 Å². The molecule has 1 heterocycles.